The van der Waals surface area contributed by atoms with Crippen LogP contribution < -0.4 is 10.1 Å². The van der Waals surface area contributed by atoms with Crippen LogP contribution in [0.25, 0.3) is 10.9 Å². The van der Waals surface area contributed by atoms with E-state index in [-0.39, 0.29) is 5.91 Å². The SMILES string of the molecule is COc1cccc2cc(C(=O)NC3CC3)n(C)c12. The first-order valence-electron chi connectivity index (χ1n) is 6.14. The first kappa shape index (κ1) is 11.1. The van der Waals surface area contributed by atoms with Gasteiger partial charge in [-0.3, -0.25) is 4.79 Å². The monoisotopic (exact) mass is 244 g/mol. The maximum absolute atomic E-state index is 12.1. The Labute approximate surface area is 106 Å². The minimum Gasteiger partial charge on any atom is -0.495 e. The van der Waals surface area contributed by atoms with E-state index in [0.717, 1.165) is 29.5 Å². The number of nitrogens with one attached hydrogen (secondary N) is 1. The van der Waals surface area contributed by atoms with E-state index in [4.69, 9.17) is 4.74 Å². The van der Waals surface area contributed by atoms with Crippen LogP contribution in [0.3, 0.4) is 0 Å². The Kier molecular flexibility index (Phi) is 2.51. The smallest absolute Gasteiger partial charge is 0.268 e. The highest BCUT2D eigenvalue weighted by atomic mass is 16.5. The third kappa shape index (κ3) is 1.74. The summed E-state index contributed by atoms with van der Waals surface area (Å²) in [6.45, 7) is 0. The number of para-hydroxylation sites is 1. The van der Waals surface area contributed by atoms with Gasteiger partial charge < -0.3 is 14.6 Å². The number of amides is 1. The number of benzene rings is 1. The highest BCUT2D eigenvalue weighted by Gasteiger charge is 2.25. The Hall–Kier alpha value is -1.97. The molecule has 0 spiro atoms. The second-order valence-electron chi connectivity index (χ2n) is 4.73. The number of ether oxygens (including phenoxy) is 1. The van der Waals surface area contributed by atoms with Crippen LogP contribution in [-0.4, -0.2) is 23.6 Å². The second-order valence-corrected chi connectivity index (χ2v) is 4.73. The summed E-state index contributed by atoms with van der Waals surface area (Å²) in [5.74, 6) is 0.790. The lowest BCUT2D eigenvalue weighted by Gasteiger charge is -2.07. The molecule has 18 heavy (non-hydrogen) atoms. The molecule has 0 bridgehead atoms. The van der Waals surface area contributed by atoms with Gasteiger partial charge in [0.25, 0.3) is 5.91 Å². The maximum Gasteiger partial charge on any atom is 0.268 e. The molecule has 0 saturated heterocycles. The number of aryl methyl sites for hydroxylation is 1. The number of fused-ring (bicyclic) bond motifs is 1. The average Bonchev–Trinajstić information content (AvgIpc) is 3.12. The Morgan fingerprint density at radius 2 is 2.22 bits per heavy atom. The van der Waals surface area contributed by atoms with Crippen molar-refractivity contribution in [1.29, 1.82) is 0 Å². The average molecular weight is 244 g/mol. The molecule has 1 aliphatic carbocycles. The molecule has 0 aliphatic heterocycles. The van der Waals surface area contributed by atoms with E-state index in [2.05, 4.69) is 5.32 Å². The highest BCUT2D eigenvalue weighted by Crippen LogP contribution is 2.28. The summed E-state index contributed by atoms with van der Waals surface area (Å²) in [6.07, 6.45) is 2.19. The number of nitrogens with zero attached hydrogens (tertiary/aromatic N) is 1. The van der Waals surface area contributed by atoms with Gasteiger partial charge in [0.05, 0.1) is 12.6 Å². The molecule has 4 nitrogen and oxygen atoms in total. The fraction of sp³-hybridized carbons (Fsp3) is 0.357. The van der Waals surface area contributed by atoms with E-state index in [1.54, 1.807) is 7.11 Å². The third-order valence-electron chi connectivity index (χ3n) is 3.38. The molecule has 4 heteroatoms. The predicted molar refractivity (Wildman–Crippen MR) is 70.0 cm³/mol. The number of hydrogen-bond acceptors (Lipinski definition) is 2. The van der Waals surface area contributed by atoms with Gasteiger partial charge in [-0.05, 0) is 25.0 Å². The zero-order chi connectivity index (χ0) is 12.7. The van der Waals surface area contributed by atoms with Gasteiger partial charge in [-0.1, -0.05) is 12.1 Å². The van der Waals surface area contributed by atoms with Gasteiger partial charge >= 0.3 is 0 Å². The summed E-state index contributed by atoms with van der Waals surface area (Å²) in [6, 6.07) is 8.12. The van der Waals surface area contributed by atoms with Crippen LogP contribution in [0.5, 0.6) is 5.75 Å². The van der Waals surface area contributed by atoms with Crippen molar-refractivity contribution in [1.82, 2.24) is 9.88 Å². The van der Waals surface area contributed by atoms with Crippen LogP contribution in [0.2, 0.25) is 0 Å². The first-order valence-corrected chi connectivity index (χ1v) is 6.14. The van der Waals surface area contributed by atoms with Crippen molar-refractivity contribution in [3.8, 4) is 5.75 Å². The van der Waals surface area contributed by atoms with Gasteiger partial charge in [-0.25, -0.2) is 0 Å². The molecular weight excluding hydrogens is 228 g/mol. The molecule has 0 unspecified atom stereocenters. The second kappa shape index (κ2) is 4.05. The number of rotatable bonds is 3. The van der Waals surface area contributed by atoms with E-state index < -0.39 is 0 Å². The Balaban J connectivity index is 2.07. The van der Waals surface area contributed by atoms with Crippen LogP contribution in [0.15, 0.2) is 24.3 Å². The summed E-state index contributed by atoms with van der Waals surface area (Å²) in [5.41, 5.74) is 1.64. The Morgan fingerprint density at radius 1 is 1.44 bits per heavy atom. The van der Waals surface area contributed by atoms with E-state index in [1.807, 2.05) is 35.9 Å². The standard InChI is InChI=1S/C14H16N2O2/c1-16-11(14(17)15-10-6-7-10)8-9-4-3-5-12(18-2)13(9)16/h3-5,8,10H,6-7H2,1-2H3,(H,15,17). The zero-order valence-electron chi connectivity index (χ0n) is 10.6. The van der Waals surface area contributed by atoms with Crippen LogP contribution in [0, 0.1) is 0 Å². The lowest BCUT2D eigenvalue weighted by Crippen LogP contribution is -2.27. The maximum atomic E-state index is 12.1. The van der Waals surface area contributed by atoms with Gasteiger partial charge in [-0.15, -0.1) is 0 Å². The van der Waals surface area contributed by atoms with Crippen molar-refractivity contribution < 1.29 is 9.53 Å². The number of aromatic nitrogens is 1. The third-order valence-corrected chi connectivity index (χ3v) is 3.38. The van der Waals surface area contributed by atoms with Crippen LogP contribution in [0.1, 0.15) is 23.3 Å². The molecule has 0 radical (unpaired) electrons. The summed E-state index contributed by atoms with van der Waals surface area (Å²) < 4.78 is 7.24. The molecule has 2 aromatic rings. The van der Waals surface area contributed by atoms with Crippen molar-refractivity contribution in [2.45, 2.75) is 18.9 Å². The van der Waals surface area contributed by atoms with E-state index >= 15 is 0 Å². The molecule has 1 aromatic carbocycles. The highest BCUT2D eigenvalue weighted by molar-refractivity contribution is 6.00. The lowest BCUT2D eigenvalue weighted by molar-refractivity contribution is 0.0943. The topological polar surface area (TPSA) is 43.3 Å². The van der Waals surface area contributed by atoms with E-state index in [1.165, 1.54) is 0 Å². The van der Waals surface area contributed by atoms with Gasteiger partial charge in [0.2, 0.25) is 0 Å². The largest absolute Gasteiger partial charge is 0.495 e. The van der Waals surface area contributed by atoms with Crippen molar-refractivity contribution in [2.75, 3.05) is 7.11 Å². The molecule has 1 heterocycles. The van der Waals surface area contributed by atoms with Crippen LogP contribution in [0.4, 0.5) is 0 Å². The number of hydrogen-bond donors (Lipinski definition) is 1. The van der Waals surface area contributed by atoms with Crippen molar-refractivity contribution in [3.63, 3.8) is 0 Å². The predicted octanol–water partition coefficient (Wildman–Crippen LogP) is 2.08. The summed E-state index contributed by atoms with van der Waals surface area (Å²) in [5, 5.41) is 4.03. The van der Waals surface area contributed by atoms with Gasteiger partial charge in [-0.2, -0.15) is 0 Å². The Bertz CT molecular complexity index is 612. The fourth-order valence-electron chi connectivity index (χ4n) is 2.25. The minimum absolute atomic E-state index is 0.00162. The number of carbonyl (C=O) groups excluding carboxylic acids is 1. The molecule has 1 amide bonds. The molecule has 1 N–H and O–H groups in total. The quantitative estimate of drug-likeness (QED) is 0.898. The first-order chi connectivity index (χ1) is 8.70. The summed E-state index contributed by atoms with van der Waals surface area (Å²) in [7, 11) is 3.54. The van der Waals surface area contributed by atoms with Crippen molar-refractivity contribution in [2.24, 2.45) is 7.05 Å². The van der Waals surface area contributed by atoms with E-state index in [0.29, 0.717) is 11.7 Å². The molecule has 1 fully saturated rings. The van der Waals surface area contributed by atoms with Crippen LogP contribution in [-0.2, 0) is 7.05 Å². The molecule has 94 valence electrons. The molecule has 1 aliphatic rings. The van der Waals surface area contributed by atoms with E-state index in [9.17, 15) is 4.79 Å². The van der Waals surface area contributed by atoms with Gasteiger partial charge in [0.15, 0.2) is 0 Å². The molecular formula is C14H16N2O2. The Morgan fingerprint density at radius 3 is 2.89 bits per heavy atom. The summed E-state index contributed by atoms with van der Waals surface area (Å²) >= 11 is 0. The fourth-order valence-corrected chi connectivity index (χ4v) is 2.25. The molecule has 3 rings (SSSR count). The molecule has 0 atom stereocenters. The zero-order valence-corrected chi connectivity index (χ0v) is 10.6. The normalized spacial score (nSPS) is 14.8. The number of methoxy groups -OCH3 is 1. The molecule has 1 saturated carbocycles. The van der Waals surface area contributed by atoms with Crippen molar-refractivity contribution in [3.05, 3.63) is 30.0 Å². The summed E-state index contributed by atoms with van der Waals surface area (Å²) in [4.78, 5) is 12.1. The van der Waals surface area contributed by atoms with Crippen molar-refractivity contribution >= 4 is 16.8 Å². The minimum atomic E-state index is -0.00162. The van der Waals surface area contributed by atoms with Gasteiger partial charge in [0.1, 0.15) is 11.4 Å². The van der Waals surface area contributed by atoms with Gasteiger partial charge in [0, 0.05) is 18.5 Å². The molecule has 1 aromatic heterocycles. The van der Waals surface area contributed by atoms with Crippen LogP contribution >= 0.6 is 0 Å². The lowest BCUT2D eigenvalue weighted by atomic mass is 10.2. The number of carbonyl (C=O) groups is 1.